The predicted molar refractivity (Wildman–Crippen MR) is 95.1 cm³/mol. The molecule has 4 rings (SSSR count). The second kappa shape index (κ2) is 5.73. The Bertz CT molecular complexity index is 684. The topological polar surface area (TPSA) is 94.8 Å². The van der Waals surface area contributed by atoms with Crippen LogP contribution in [-0.4, -0.2) is 45.2 Å². The van der Waals surface area contributed by atoms with Crippen molar-refractivity contribution < 1.29 is 24.9 Å². The molecule has 144 valence electrons. The number of carbonyl (C=O) groups excluding carboxylic acids is 2. The molecule has 3 fully saturated rings. The lowest BCUT2D eigenvalue weighted by atomic mass is 9.46. The molecule has 26 heavy (non-hydrogen) atoms. The fourth-order valence-electron chi connectivity index (χ4n) is 7.22. The number of aliphatic hydroxyl groups is 3. The third kappa shape index (κ3) is 2.14. The molecule has 7 atom stereocenters. The zero-order valence-electron chi connectivity index (χ0n) is 15.7. The van der Waals surface area contributed by atoms with Crippen LogP contribution < -0.4 is 0 Å². The van der Waals surface area contributed by atoms with Gasteiger partial charge in [-0.05, 0) is 74.2 Å². The third-order valence-corrected chi connectivity index (χ3v) is 8.75. The van der Waals surface area contributed by atoms with Gasteiger partial charge in [0.05, 0.1) is 0 Å². The van der Waals surface area contributed by atoms with Gasteiger partial charge in [0.1, 0.15) is 18.3 Å². The number of aliphatic hydroxyl groups excluding tert-OH is 2. The van der Waals surface area contributed by atoms with Crippen molar-refractivity contribution in [3.63, 3.8) is 0 Å². The first kappa shape index (κ1) is 18.3. The van der Waals surface area contributed by atoms with Gasteiger partial charge in [0.25, 0.3) is 0 Å². The highest BCUT2D eigenvalue weighted by Crippen LogP contribution is 2.67. The van der Waals surface area contributed by atoms with Gasteiger partial charge in [-0.25, -0.2) is 0 Å². The van der Waals surface area contributed by atoms with Crippen molar-refractivity contribution in [2.75, 3.05) is 6.61 Å². The Hall–Kier alpha value is -1.04. The number of hydrogen-bond donors (Lipinski definition) is 3. The van der Waals surface area contributed by atoms with E-state index >= 15 is 0 Å². The van der Waals surface area contributed by atoms with Crippen LogP contribution in [0.15, 0.2) is 11.6 Å². The smallest absolute Gasteiger partial charge is 0.190 e. The molecule has 0 bridgehead atoms. The van der Waals surface area contributed by atoms with E-state index in [9.17, 15) is 24.9 Å². The largest absolute Gasteiger partial charge is 0.388 e. The van der Waals surface area contributed by atoms with Crippen LogP contribution in [-0.2, 0) is 9.59 Å². The Kier molecular flexibility index (Phi) is 4.04. The van der Waals surface area contributed by atoms with E-state index in [4.69, 9.17) is 0 Å². The average molecular weight is 362 g/mol. The maximum Gasteiger partial charge on any atom is 0.190 e. The van der Waals surface area contributed by atoms with Gasteiger partial charge in [0.15, 0.2) is 11.6 Å². The molecule has 5 nitrogen and oxygen atoms in total. The molecule has 0 aromatic carbocycles. The minimum atomic E-state index is -1.42. The molecule has 0 spiro atoms. The normalized spacial score (nSPS) is 50.5. The molecule has 0 aromatic rings. The predicted octanol–water partition coefficient (Wildman–Crippen LogP) is 1.78. The van der Waals surface area contributed by atoms with E-state index in [1.165, 1.54) is 5.57 Å². The van der Waals surface area contributed by atoms with Crippen LogP contribution >= 0.6 is 0 Å². The second-order valence-corrected chi connectivity index (χ2v) is 9.56. The number of hydrogen-bond acceptors (Lipinski definition) is 5. The zero-order valence-corrected chi connectivity index (χ0v) is 15.7. The molecule has 0 amide bonds. The van der Waals surface area contributed by atoms with Crippen LogP contribution in [0.3, 0.4) is 0 Å². The Morgan fingerprint density at radius 3 is 2.58 bits per heavy atom. The first-order chi connectivity index (χ1) is 12.2. The molecular formula is C21H30O5. The maximum atomic E-state index is 12.3. The number of ketones is 2. The first-order valence-electron chi connectivity index (χ1n) is 9.97. The number of fused-ring (bicyclic) bond motifs is 5. The van der Waals surface area contributed by atoms with Crippen molar-refractivity contribution in [3.05, 3.63) is 11.6 Å². The average Bonchev–Trinajstić information content (AvgIpc) is 2.88. The summed E-state index contributed by atoms with van der Waals surface area (Å²) in [5, 5.41) is 30.7. The van der Waals surface area contributed by atoms with Gasteiger partial charge in [0.2, 0.25) is 0 Å². The first-order valence-corrected chi connectivity index (χ1v) is 9.97. The lowest BCUT2D eigenvalue weighted by Gasteiger charge is -2.59. The van der Waals surface area contributed by atoms with Crippen molar-refractivity contribution in [1.82, 2.24) is 0 Å². The van der Waals surface area contributed by atoms with Crippen LogP contribution in [0.2, 0.25) is 0 Å². The van der Waals surface area contributed by atoms with Gasteiger partial charge < -0.3 is 15.3 Å². The van der Waals surface area contributed by atoms with E-state index in [0.29, 0.717) is 24.7 Å². The molecule has 1 unspecified atom stereocenters. The highest BCUT2D eigenvalue weighted by Gasteiger charge is 2.66. The summed E-state index contributed by atoms with van der Waals surface area (Å²) in [6.45, 7) is 3.61. The van der Waals surface area contributed by atoms with Gasteiger partial charge in [-0.15, -0.1) is 0 Å². The van der Waals surface area contributed by atoms with Crippen LogP contribution in [0.1, 0.15) is 58.8 Å². The van der Waals surface area contributed by atoms with Gasteiger partial charge in [-0.2, -0.15) is 0 Å². The van der Waals surface area contributed by atoms with E-state index < -0.39 is 29.5 Å². The van der Waals surface area contributed by atoms with Gasteiger partial charge in [-0.1, -0.05) is 19.4 Å². The maximum absolute atomic E-state index is 12.3. The van der Waals surface area contributed by atoms with Gasteiger partial charge in [-0.3, -0.25) is 9.59 Å². The summed E-state index contributed by atoms with van der Waals surface area (Å²) in [7, 11) is 0. The molecule has 3 saturated carbocycles. The summed E-state index contributed by atoms with van der Waals surface area (Å²) in [5.74, 6) is 0.393. The van der Waals surface area contributed by atoms with E-state index in [1.807, 2.05) is 6.92 Å². The van der Waals surface area contributed by atoms with Crippen molar-refractivity contribution in [1.29, 1.82) is 0 Å². The molecule has 0 saturated heterocycles. The fourth-order valence-corrected chi connectivity index (χ4v) is 7.22. The van der Waals surface area contributed by atoms with Crippen LogP contribution in [0.4, 0.5) is 0 Å². The number of carbonyl (C=O) groups is 2. The monoisotopic (exact) mass is 362 g/mol. The molecule has 4 aliphatic carbocycles. The molecule has 0 radical (unpaired) electrons. The molecule has 3 N–H and O–H groups in total. The van der Waals surface area contributed by atoms with Crippen molar-refractivity contribution >= 4 is 11.6 Å². The Labute approximate surface area is 154 Å². The zero-order chi connectivity index (χ0) is 18.9. The molecule has 5 heteroatoms. The van der Waals surface area contributed by atoms with Crippen LogP contribution in [0, 0.1) is 28.6 Å². The Morgan fingerprint density at radius 2 is 1.88 bits per heavy atom. The number of Topliss-reactive ketones (excluding diaryl/α,β-unsaturated/α-hetero) is 1. The SMILES string of the molecule is C[C@]12CC(O)C(=O)C=C1CC[C@@H]1[C@@H]2CC[C@@]2(C)[C@H]1CC[C@]2(O)C(=O)CO. The summed E-state index contributed by atoms with van der Waals surface area (Å²) in [5.41, 5.74) is -0.901. The third-order valence-electron chi connectivity index (χ3n) is 8.75. The summed E-state index contributed by atoms with van der Waals surface area (Å²) in [4.78, 5) is 24.3. The van der Waals surface area contributed by atoms with Crippen molar-refractivity contribution in [2.24, 2.45) is 28.6 Å². The van der Waals surface area contributed by atoms with E-state index in [-0.39, 0.29) is 17.1 Å². The minimum absolute atomic E-state index is 0.166. The molecule has 0 aromatic heterocycles. The van der Waals surface area contributed by atoms with Gasteiger partial charge in [0, 0.05) is 5.41 Å². The Morgan fingerprint density at radius 1 is 1.19 bits per heavy atom. The van der Waals surface area contributed by atoms with E-state index in [2.05, 4.69) is 6.92 Å². The summed E-state index contributed by atoms with van der Waals surface area (Å²) in [6.07, 6.45) is 5.94. The Balaban J connectivity index is 1.69. The molecule has 4 aliphatic rings. The van der Waals surface area contributed by atoms with E-state index in [0.717, 1.165) is 32.1 Å². The standard InChI is InChI=1S/C21H30O5/c1-19-10-17(24)16(23)9-12(19)3-4-13-14(19)5-7-20(2)15(13)6-8-21(20,26)18(25)11-22/h9,13-15,17,22,24,26H,3-8,10-11H2,1-2H3/t13-,14+,15+,17?,19+,20+,21+/m1/s1. The van der Waals surface area contributed by atoms with Crippen molar-refractivity contribution in [3.8, 4) is 0 Å². The second-order valence-electron chi connectivity index (χ2n) is 9.56. The van der Waals surface area contributed by atoms with Crippen molar-refractivity contribution in [2.45, 2.75) is 70.5 Å². The fraction of sp³-hybridized carbons (Fsp3) is 0.810. The lowest BCUT2D eigenvalue weighted by molar-refractivity contribution is -0.165. The summed E-state index contributed by atoms with van der Waals surface area (Å²) >= 11 is 0. The summed E-state index contributed by atoms with van der Waals surface area (Å²) < 4.78 is 0. The van der Waals surface area contributed by atoms with E-state index in [1.54, 1.807) is 6.08 Å². The number of allylic oxidation sites excluding steroid dienone is 1. The highest BCUT2D eigenvalue weighted by molar-refractivity contribution is 5.95. The molecule has 0 aliphatic heterocycles. The molecular weight excluding hydrogens is 332 g/mol. The highest BCUT2D eigenvalue weighted by atomic mass is 16.3. The van der Waals surface area contributed by atoms with Crippen LogP contribution in [0.25, 0.3) is 0 Å². The minimum Gasteiger partial charge on any atom is -0.388 e. The lowest BCUT2D eigenvalue weighted by Crippen LogP contribution is -2.58. The van der Waals surface area contributed by atoms with Gasteiger partial charge >= 0.3 is 0 Å². The number of rotatable bonds is 2. The molecule has 0 heterocycles. The summed E-state index contributed by atoms with van der Waals surface area (Å²) in [6, 6.07) is 0. The van der Waals surface area contributed by atoms with Crippen LogP contribution in [0.5, 0.6) is 0 Å². The quantitative estimate of drug-likeness (QED) is 0.696.